The van der Waals surface area contributed by atoms with E-state index in [0.29, 0.717) is 30.8 Å². The maximum atomic E-state index is 12.3. The number of rotatable bonds is 4. The van der Waals surface area contributed by atoms with E-state index >= 15 is 0 Å². The summed E-state index contributed by atoms with van der Waals surface area (Å²) in [5.41, 5.74) is 4.98. The van der Waals surface area contributed by atoms with Crippen LogP contribution in [0.3, 0.4) is 0 Å². The summed E-state index contributed by atoms with van der Waals surface area (Å²) >= 11 is 0. The highest BCUT2D eigenvalue weighted by Crippen LogP contribution is 2.24. The molecule has 0 bridgehead atoms. The molecule has 2 aromatic heterocycles. The zero-order valence-electron chi connectivity index (χ0n) is 16.8. The van der Waals surface area contributed by atoms with Crippen LogP contribution in [-0.2, 0) is 4.74 Å². The van der Waals surface area contributed by atoms with E-state index in [1.54, 1.807) is 6.20 Å². The zero-order chi connectivity index (χ0) is 20.4. The van der Waals surface area contributed by atoms with Crippen LogP contribution in [0.4, 0.5) is 17.6 Å². The third kappa shape index (κ3) is 4.12. The van der Waals surface area contributed by atoms with E-state index in [2.05, 4.69) is 30.2 Å². The van der Waals surface area contributed by atoms with Gasteiger partial charge in [0.25, 0.3) is 5.56 Å². The molecule has 0 saturated carbocycles. The minimum absolute atomic E-state index is 0.237. The fraction of sp³-hybridized carbons (Fsp3) is 0.333. The average molecular weight is 392 g/mol. The first kappa shape index (κ1) is 19.1. The molecule has 8 nitrogen and oxygen atoms in total. The Hall–Kier alpha value is -3.26. The van der Waals surface area contributed by atoms with Crippen molar-refractivity contribution in [2.24, 2.45) is 0 Å². The van der Waals surface area contributed by atoms with Gasteiger partial charge in [0.15, 0.2) is 0 Å². The second-order valence-corrected chi connectivity index (χ2v) is 7.12. The van der Waals surface area contributed by atoms with Crippen LogP contribution in [0.25, 0.3) is 11.3 Å². The molecule has 3 aromatic rings. The summed E-state index contributed by atoms with van der Waals surface area (Å²) in [6, 6.07) is 7.44. The van der Waals surface area contributed by atoms with Gasteiger partial charge >= 0.3 is 0 Å². The third-order valence-corrected chi connectivity index (χ3v) is 5.14. The molecule has 0 aliphatic carbocycles. The standard InChI is InChI=1S/C21H24N6O2/c1-13-5-4-6-17(14(13)2)24-20-25-18(11-19(28)26-20)16-12-22-21(23-15(16)3)27-7-9-29-10-8-27/h4-6,11-12H,7-10H2,1-3H3,(H2,24,25,26,28). The van der Waals surface area contributed by atoms with Crippen molar-refractivity contribution in [3.8, 4) is 11.3 Å². The maximum Gasteiger partial charge on any atom is 0.252 e. The van der Waals surface area contributed by atoms with Gasteiger partial charge in [0.1, 0.15) is 0 Å². The van der Waals surface area contributed by atoms with Crippen molar-refractivity contribution >= 4 is 17.6 Å². The lowest BCUT2D eigenvalue weighted by atomic mass is 10.1. The monoisotopic (exact) mass is 392 g/mol. The molecule has 1 aliphatic rings. The Balaban J connectivity index is 1.65. The van der Waals surface area contributed by atoms with Gasteiger partial charge in [-0.25, -0.2) is 15.0 Å². The number of morpholine rings is 1. The molecule has 1 saturated heterocycles. The number of H-pyrrole nitrogens is 1. The zero-order valence-corrected chi connectivity index (χ0v) is 16.8. The summed E-state index contributed by atoms with van der Waals surface area (Å²) in [5.74, 6) is 1.06. The second kappa shape index (κ2) is 8.00. The molecule has 0 unspecified atom stereocenters. The van der Waals surface area contributed by atoms with Gasteiger partial charge in [0.2, 0.25) is 11.9 Å². The third-order valence-electron chi connectivity index (χ3n) is 5.14. The number of benzene rings is 1. The summed E-state index contributed by atoms with van der Waals surface area (Å²) < 4.78 is 5.38. The molecule has 0 amide bonds. The fourth-order valence-corrected chi connectivity index (χ4v) is 3.29. The van der Waals surface area contributed by atoms with Crippen LogP contribution < -0.4 is 15.8 Å². The Morgan fingerprint density at radius 3 is 2.69 bits per heavy atom. The van der Waals surface area contributed by atoms with Crippen LogP contribution in [0.1, 0.15) is 16.8 Å². The van der Waals surface area contributed by atoms with Gasteiger partial charge in [-0.3, -0.25) is 9.78 Å². The molecule has 1 aliphatic heterocycles. The normalized spacial score (nSPS) is 14.1. The number of ether oxygens (including phenoxy) is 1. The number of aromatic amines is 1. The molecule has 0 radical (unpaired) electrons. The van der Waals surface area contributed by atoms with Crippen molar-refractivity contribution in [3.05, 3.63) is 57.6 Å². The lowest BCUT2D eigenvalue weighted by Gasteiger charge is -2.27. The van der Waals surface area contributed by atoms with E-state index in [-0.39, 0.29) is 5.56 Å². The Labute approximate surface area is 169 Å². The van der Waals surface area contributed by atoms with E-state index in [9.17, 15) is 4.79 Å². The molecule has 0 spiro atoms. The highest BCUT2D eigenvalue weighted by molar-refractivity contribution is 5.65. The summed E-state index contributed by atoms with van der Waals surface area (Å²) in [6.45, 7) is 8.87. The van der Waals surface area contributed by atoms with Crippen LogP contribution in [0.2, 0.25) is 0 Å². The lowest BCUT2D eigenvalue weighted by Crippen LogP contribution is -2.37. The number of nitrogens with one attached hydrogen (secondary N) is 2. The van der Waals surface area contributed by atoms with Gasteiger partial charge in [-0.1, -0.05) is 12.1 Å². The molecule has 150 valence electrons. The van der Waals surface area contributed by atoms with Gasteiger partial charge in [-0.2, -0.15) is 0 Å². The first-order chi connectivity index (χ1) is 14.0. The smallest absolute Gasteiger partial charge is 0.252 e. The van der Waals surface area contributed by atoms with E-state index < -0.39 is 0 Å². The number of nitrogens with zero attached hydrogens (tertiary/aromatic N) is 4. The molecular formula is C21H24N6O2. The maximum absolute atomic E-state index is 12.3. The molecule has 3 heterocycles. The van der Waals surface area contributed by atoms with Crippen molar-refractivity contribution in [1.29, 1.82) is 0 Å². The Morgan fingerprint density at radius 1 is 1.14 bits per heavy atom. The van der Waals surface area contributed by atoms with Gasteiger partial charge in [0, 0.05) is 36.6 Å². The Bertz CT molecular complexity index is 1090. The van der Waals surface area contributed by atoms with Crippen LogP contribution in [0.15, 0.2) is 35.3 Å². The lowest BCUT2D eigenvalue weighted by molar-refractivity contribution is 0.122. The predicted molar refractivity (Wildman–Crippen MR) is 113 cm³/mol. The number of anilines is 3. The molecule has 1 fully saturated rings. The molecule has 1 aromatic carbocycles. The van der Waals surface area contributed by atoms with Gasteiger partial charge in [-0.15, -0.1) is 0 Å². The van der Waals surface area contributed by atoms with E-state index in [0.717, 1.165) is 41.2 Å². The number of hydrogen-bond donors (Lipinski definition) is 2. The van der Waals surface area contributed by atoms with Crippen molar-refractivity contribution in [2.75, 3.05) is 36.5 Å². The fourth-order valence-electron chi connectivity index (χ4n) is 3.29. The molecule has 0 atom stereocenters. The van der Waals surface area contributed by atoms with Crippen molar-refractivity contribution in [2.45, 2.75) is 20.8 Å². The number of aromatic nitrogens is 4. The highest BCUT2D eigenvalue weighted by Gasteiger charge is 2.16. The minimum Gasteiger partial charge on any atom is -0.378 e. The largest absolute Gasteiger partial charge is 0.378 e. The average Bonchev–Trinajstić information content (AvgIpc) is 2.71. The topological polar surface area (TPSA) is 96.0 Å². The van der Waals surface area contributed by atoms with Crippen molar-refractivity contribution in [1.82, 2.24) is 19.9 Å². The van der Waals surface area contributed by atoms with E-state index in [4.69, 9.17) is 4.74 Å². The predicted octanol–water partition coefficient (Wildman–Crippen LogP) is 2.73. The quantitative estimate of drug-likeness (QED) is 0.705. The molecule has 2 N–H and O–H groups in total. The second-order valence-electron chi connectivity index (χ2n) is 7.12. The first-order valence-corrected chi connectivity index (χ1v) is 9.62. The van der Waals surface area contributed by atoms with Gasteiger partial charge in [0.05, 0.1) is 24.6 Å². The van der Waals surface area contributed by atoms with Crippen LogP contribution in [0.5, 0.6) is 0 Å². The molecule has 4 rings (SSSR count). The SMILES string of the molecule is Cc1cccc(Nc2nc(-c3cnc(N4CCOCC4)nc3C)cc(=O)[nH]2)c1C. The van der Waals surface area contributed by atoms with Crippen molar-refractivity contribution in [3.63, 3.8) is 0 Å². The Kier molecular flexibility index (Phi) is 5.26. The summed E-state index contributed by atoms with van der Waals surface area (Å²) in [4.78, 5) is 30.8. The minimum atomic E-state index is -0.237. The molecule has 29 heavy (non-hydrogen) atoms. The molecule has 8 heteroatoms. The summed E-state index contributed by atoms with van der Waals surface area (Å²) in [7, 11) is 0. The van der Waals surface area contributed by atoms with E-state index in [1.165, 1.54) is 6.07 Å². The number of aryl methyl sites for hydroxylation is 2. The molecular weight excluding hydrogens is 368 g/mol. The summed E-state index contributed by atoms with van der Waals surface area (Å²) in [5, 5.41) is 3.22. The Morgan fingerprint density at radius 2 is 1.93 bits per heavy atom. The first-order valence-electron chi connectivity index (χ1n) is 9.62. The van der Waals surface area contributed by atoms with Crippen LogP contribution in [-0.4, -0.2) is 46.2 Å². The van der Waals surface area contributed by atoms with Gasteiger partial charge < -0.3 is 15.0 Å². The highest BCUT2D eigenvalue weighted by atomic mass is 16.5. The van der Waals surface area contributed by atoms with Crippen LogP contribution in [0, 0.1) is 20.8 Å². The van der Waals surface area contributed by atoms with Crippen molar-refractivity contribution < 1.29 is 4.74 Å². The van der Waals surface area contributed by atoms with Crippen LogP contribution >= 0.6 is 0 Å². The summed E-state index contributed by atoms with van der Waals surface area (Å²) in [6.07, 6.45) is 1.73. The van der Waals surface area contributed by atoms with Gasteiger partial charge in [-0.05, 0) is 38.0 Å². The van der Waals surface area contributed by atoms with E-state index in [1.807, 2.05) is 39.0 Å². The number of hydrogen-bond acceptors (Lipinski definition) is 7.